The van der Waals surface area contributed by atoms with Gasteiger partial charge in [-0.2, -0.15) is 0 Å². The quantitative estimate of drug-likeness (QED) is 0.290. The average molecular weight is 322 g/mol. The molecule has 130 valence electrons. The molecule has 7 nitrogen and oxygen atoms in total. The molecule has 1 aliphatic carbocycles. The van der Waals surface area contributed by atoms with Crippen molar-refractivity contribution in [3.05, 3.63) is 12.2 Å². The number of aliphatic hydroxyl groups excluding tert-OH is 1. The molecule has 1 aliphatic heterocycles. The Balaban J connectivity index is 2.09. The number of nitrogens with one attached hydrogen (secondary N) is 3. The highest BCUT2D eigenvalue weighted by molar-refractivity contribution is 6.00. The molecule has 1 saturated carbocycles. The third-order valence-electron chi connectivity index (χ3n) is 4.20. The van der Waals surface area contributed by atoms with Gasteiger partial charge in [0.25, 0.3) is 0 Å². The second-order valence-corrected chi connectivity index (χ2v) is 6.63. The summed E-state index contributed by atoms with van der Waals surface area (Å²) in [5.74, 6) is 1.29. The smallest absolute Gasteiger partial charge is 0.196 e. The number of hydrogen-bond donors (Lipinski definition) is 5. The van der Waals surface area contributed by atoms with E-state index in [1.807, 2.05) is 6.92 Å². The number of allylic oxidation sites excluding steroid dienone is 1. The lowest BCUT2D eigenvalue weighted by Crippen LogP contribution is -2.68. The molecule has 2 rings (SSSR count). The number of nitrogens with zero attached hydrogens (tertiary/aromatic N) is 2. The van der Waals surface area contributed by atoms with Crippen LogP contribution >= 0.6 is 0 Å². The van der Waals surface area contributed by atoms with E-state index < -0.39 is 0 Å². The van der Waals surface area contributed by atoms with Crippen LogP contribution in [0.25, 0.3) is 0 Å². The maximum Gasteiger partial charge on any atom is 0.196 e. The van der Waals surface area contributed by atoms with Crippen molar-refractivity contribution in [3.8, 4) is 0 Å². The van der Waals surface area contributed by atoms with Crippen LogP contribution in [0.15, 0.2) is 22.1 Å². The lowest BCUT2D eigenvalue weighted by Gasteiger charge is -2.37. The summed E-state index contributed by atoms with van der Waals surface area (Å²) >= 11 is 0. The fraction of sp³-hybridized carbons (Fsp3) is 0.750. The fourth-order valence-electron chi connectivity index (χ4n) is 2.78. The third-order valence-corrected chi connectivity index (χ3v) is 4.20. The Morgan fingerprint density at radius 1 is 1.52 bits per heavy atom. The minimum absolute atomic E-state index is 0.127. The predicted molar refractivity (Wildman–Crippen MR) is 94.0 cm³/mol. The van der Waals surface area contributed by atoms with E-state index in [0.717, 1.165) is 38.1 Å². The summed E-state index contributed by atoms with van der Waals surface area (Å²) in [5, 5.41) is 12.9. The molecule has 23 heavy (non-hydrogen) atoms. The second kappa shape index (κ2) is 7.90. The summed E-state index contributed by atoms with van der Waals surface area (Å²) in [6.07, 6.45) is 7.44. The molecule has 1 heterocycles. The van der Waals surface area contributed by atoms with Gasteiger partial charge in [0.1, 0.15) is 11.5 Å². The van der Waals surface area contributed by atoms with Crippen LogP contribution in [-0.2, 0) is 0 Å². The van der Waals surface area contributed by atoms with Crippen LogP contribution in [0.4, 0.5) is 0 Å². The van der Waals surface area contributed by atoms with Gasteiger partial charge in [0.2, 0.25) is 0 Å². The van der Waals surface area contributed by atoms with Gasteiger partial charge in [0.05, 0.1) is 12.1 Å². The molecule has 7 heteroatoms. The zero-order valence-corrected chi connectivity index (χ0v) is 14.3. The first kappa shape index (κ1) is 17.9. The van der Waals surface area contributed by atoms with Crippen LogP contribution in [-0.4, -0.2) is 41.3 Å². The van der Waals surface area contributed by atoms with Crippen molar-refractivity contribution in [2.45, 2.75) is 64.3 Å². The number of hydrogen-bond acceptors (Lipinski definition) is 5. The van der Waals surface area contributed by atoms with E-state index in [0.29, 0.717) is 5.96 Å². The Labute approximate surface area is 138 Å². The van der Waals surface area contributed by atoms with E-state index >= 15 is 0 Å². The Morgan fingerprint density at radius 3 is 2.78 bits per heavy atom. The Kier molecular flexibility index (Phi) is 6.15. The van der Waals surface area contributed by atoms with Gasteiger partial charge < -0.3 is 16.2 Å². The van der Waals surface area contributed by atoms with Gasteiger partial charge in [-0.15, -0.1) is 0 Å². The van der Waals surface area contributed by atoms with Gasteiger partial charge in [-0.1, -0.05) is 26.0 Å². The summed E-state index contributed by atoms with van der Waals surface area (Å²) in [4.78, 5) is 9.25. The van der Waals surface area contributed by atoms with Crippen molar-refractivity contribution < 1.29 is 5.11 Å². The predicted octanol–water partition coefficient (Wildman–Crippen LogP) is 0.629. The molecule has 2 aliphatic rings. The molecule has 1 saturated heterocycles. The van der Waals surface area contributed by atoms with Crippen molar-refractivity contribution in [3.63, 3.8) is 0 Å². The first-order valence-electron chi connectivity index (χ1n) is 8.46. The van der Waals surface area contributed by atoms with Crippen LogP contribution in [0, 0.1) is 5.92 Å². The van der Waals surface area contributed by atoms with Crippen LogP contribution in [0.2, 0.25) is 0 Å². The molecular weight excluding hydrogens is 292 g/mol. The van der Waals surface area contributed by atoms with Gasteiger partial charge in [0, 0.05) is 12.5 Å². The molecule has 0 amide bonds. The molecule has 2 unspecified atom stereocenters. The summed E-state index contributed by atoms with van der Waals surface area (Å²) in [7, 11) is 0. The standard InChI is InChI=1S/C16H30N6O/c1-4-5-6-11(2)14(19-12-7-8-13(23)9-12)20-15(17)21-16(3)10-18-22-16/h5-6,11-13,18,22-23H,4,7-10H2,1-3H3,(H3,17,19,20,21)/b6-5-/t11?,12-,13-,16?/m1/s1. The lowest BCUT2D eigenvalue weighted by molar-refractivity contribution is 0.181. The number of amidine groups is 1. The van der Waals surface area contributed by atoms with Gasteiger partial charge in [-0.05, 0) is 32.6 Å². The molecule has 0 bridgehead atoms. The number of hydrazine groups is 1. The number of nitrogens with two attached hydrogens (primary N) is 1. The largest absolute Gasteiger partial charge is 0.393 e. The van der Waals surface area contributed by atoms with Gasteiger partial charge >= 0.3 is 0 Å². The molecule has 0 aromatic rings. The molecule has 2 fully saturated rings. The first-order valence-corrected chi connectivity index (χ1v) is 8.46. The SMILES string of the molecule is CC/C=C\C(C)C(=N[C@@H]1CC[C@@H](O)C1)NC(N)=NC1(C)CNN1. The van der Waals surface area contributed by atoms with E-state index in [9.17, 15) is 5.11 Å². The second-order valence-electron chi connectivity index (χ2n) is 6.63. The Hall–Kier alpha value is -1.44. The van der Waals surface area contributed by atoms with Crippen LogP contribution in [0.5, 0.6) is 0 Å². The zero-order valence-electron chi connectivity index (χ0n) is 14.3. The van der Waals surface area contributed by atoms with E-state index in [4.69, 9.17) is 10.7 Å². The van der Waals surface area contributed by atoms with Gasteiger partial charge in [-0.25, -0.2) is 10.4 Å². The Bertz CT molecular complexity index is 483. The molecule has 6 N–H and O–H groups in total. The number of aliphatic hydroxyl groups is 1. The minimum Gasteiger partial charge on any atom is -0.393 e. The van der Waals surface area contributed by atoms with Gasteiger partial charge in [-0.3, -0.25) is 10.4 Å². The van der Waals surface area contributed by atoms with Crippen LogP contribution in [0.1, 0.15) is 46.5 Å². The number of guanidine groups is 1. The van der Waals surface area contributed by atoms with E-state index in [2.05, 4.69) is 47.2 Å². The molecule has 0 aromatic heterocycles. The van der Waals surface area contributed by atoms with Crippen molar-refractivity contribution in [1.82, 2.24) is 16.2 Å². The van der Waals surface area contributed by atoms with E-state index in [1.54, 1.807) is 0 Å². The zero-order chi connectivity index (χ0) is 16.9. The molecule has 4 atom stereocenters. The van der Waals surface area contributed by atoms with Crippen molar-refractivity contribution >= 4 is 11.8 Å². The van der Waals surface area contributed by atoms with Crippen molar-refractivity contribution in [2.75, 3.05) is 6.54 Å². The average Bonchev–Trinajstić information content (AvgIpc) is 2.87. The number of rotatable bonds is 5. The van der Waals surface area contributed by atoms with Crippen LogP contribution < -0.4 is 21.9 Å². The molecule has 0 spiro atoms. The highest BCUT2D eigenvalue weighted by atomic mass is 16.3. The summed E-state index contributed by atoms with van der Waals surface area (Å²) in [6, 6.07) is 0.150. The molecule has 0 radical (unpaired) electrons. The third kappa shape index (κ3) is 5.30. The lowest BCUT2D eigenvalue weighted by atomic mass is 10.1. The van der Waals surface area contributed by atoms with Gasteiger partial charge in [0.15, 0.2) is 5.96 Å². The maximum absolute atomic E-state index is 9.70. The summed E-state index contributed by atoms with van der Waals surface area (Å²) < 4.78 is 0. The van der Waals surface area contributed by atoms with E-state index in [1.165, 1.54) is 0 Å². The molecular formula is C16H30N6O. The number of aliphatic imine (C=N–C) groups is 2. The van der Waals surface area contributed by atoms with Crippen LogP contribution in [0.3, 0.4) is 0 Å². The van der Waals surface area contributed by atoms with E-state index in [-0.39, 0.29) is 23.7 Å². The summed E-state index contributed by atoms with van der Waals surface area (Å²) in [6.45, 7) is 6.90. The Morgan fingerprint density at radius 2 is 2.26 bits per heavy atom. The maximum atomic E-state index is 9.70. The molecule has 0 aromatic carbocycles. The fourth-order valence-corrected chi connectivity index (χ4v) is 2.78. The first-order chi connectivity index (χ1) is 10.9. The van der Waals surface area contributed by atoms with Crippen molar-refractivity contribution in [2.24, 2.45) is 21.6 Å². The monoisotopic (exact) mass is 322 g/mol. The van der Waals surface area contributed by atoms with Crippen molar-refractivity contribution in [1.29, 1.82) is 0 Å². The normalized spacial score (nSPS) is 33.7. The minimum atomic E-state index is -0.367. The highest BCUT2D eigenvalue weighted by Crippen LogP contribution is 2.22. The highest BCUT2D eigenvalue weighted by Gasteiger charge is 2.31. The summed E-state index contributed by atoms with van der Waals surface area (Å²) in [5.41, 5.74) is 11.7. The topological polar surface area (TPSA) is 107 Å².